The summed E-state index contributed by atoms with van der Waals surface area (Å²) in [6.07, 6.45) is -4.99. The molecule has 7 heteroatoms. The van der Waals surface area contributed by atoms with Crippen LogP contribution in [0.3, 0.4) is 0 Å². The van der Waals surface area contributed by atoms with Gasteiger partial charge in [0.2, 0.25) is 0 Å². The Morgan fingerprint density at radius 2 is 1.56 bits per heavy atom. The Kier molecular flexibility index (Phi) is 1.65. The van der Waals surface area contributed by atoms with Gasteiger partial charge in [0.05, 0.1) is 0 Å². The van der Waals surface area contributed by atoms with Crippen molar-refractivity contribution >= 4 is 8.25 Å². The van der Waals surface area contributed by atoms with Gasteiger partial charge in [-0.05, 0) is 0 Å². The van der Waals surface area contributed by atoms with E-state index in [9.17, 15) is 13.0 Å². The van der Waals surface area contributed by atoms with Gasteiger partial charge in [0.1, 0.15) is 0 Å². The normalized spacial score (nSPS) is 44.9. The van der Waals surface area contributed by atoms with E-state index >= 15 is 0 Å². The zero-order chi connectivity index (χ0) is 7.07. The second kappa shape index (κ2) is 2.05. The van der Waals surface area contributed by atoms with Gasteiger partial charge >= 0.3 is 47.9 Å². The molecular formula is C2H4F3O3P. The van der Waals surface area contributed by atoms with Crippen LogP contribution in [0.1, 0.15) is 0 Å². The molecule has 0 radical (unpaired) electrons. The van der Waals surface area contributed by atoms with Crippen molar-refractivity contribution in [1.29, 1.82) is 0 Å². The van der Waals surface area contributed by atoms with Crippen LogP contribution in [-0.2, 0) is 9.05 Å². The third kappa shape index (κ3) is 1.52. The van der Waals surface area contributed by atoms with Crippen LogP contribution >= 0.6 is 8.25 Å². The molecule has 1 N–H and O–H groups in total. The van der Waals surface area contributed by atoms with Crippen LogP contribution in [-0.4, -0.2) is 17.6 Å². The van der Waals surface area contributed by atoms with Crippen molar-refractivity contribution in [2.75, 3.05) is 0 Å². The van der Waals surface area contributed by atoms with E-state index in [0.717, 1.165) is 0 Å². The molecule has 0 aromatic rings. The van der Waals surface area contributed by atoms with Crippen LogP contribution in [0.4, 0.5) is 13.0 Å². The van der Waals surface area contributed by atoms with Crippen molar-refractivity contribution in [3.63, 3.8) is 0 Å². The summed E-state index contributed by atoms with van der Waals surface area (Å²) in [5.41, 5.74) is 0. The molecule has 3 nitrogen and oxygen atoms in total. The molecule has 9 heavy (non-hydrogen) atoms. The monoisotopic (exact) mass is 164 g/mol. The summed E-state index contributed by atoms with van der Waals surface area (Å²) in [5, 5.41) is 0. The van der Waals surface area contributed by atoms with E-state index in [-0.39, 0.29) is 0 Å². The molecule has 56 valence electrons. The molecule has 2 unspecified atom stereocenters. The maximum absolute atomic E-state index is 11.9. The maximum atomic E-state index is 11.9. The number of rotatable bonds is 0. The van der Waals surface area contributed by atoms with Gasteiger partial charge in [-0.1, -0.05) is 0 Å². The molecule has 1 fully saturated rings. The van der Waals surface area contributed by atoms with Gasteiger partial charge in [-0.3, -0.25) is 0 Å². The molecule has 2 atom stereocenters. The molecule has 0 bridgehead atoms. The van der Waals surface area contributed by atoms with E-state index in [1.807, 2.05) is 0 Å². The predicted molar refractivity (Wildman–Crippen MR) is 23.6 cm³/mol. The van der Waals surface area contributed by atoms with Crippen molar-refractivity contribution in [3.8, 4) is 0 Å². The predicted octanol–water partition coefficient (Wildman–Crippen LogP) is 0.996. The molecular weight excluding hydrogens is 160 g/mol. The van der Waals surface area contributed by atoms with Crippen LogP contribution < -0.4 is 0 Å². The fraction of sp³-hybridized carbons (Fsp3) is 1.00. The van der Waals surface area contributed by atoms with Gasteiger partial charge in [0.25, 0.3) is 0 Å². The summed E-state index contributed by atoms with van der Waals surface area (Å²) in [5.74, 6) is 0. The van der Waals surface area contributed by atoms with Crippen molar-refractivity contribution < 1.29 is 26.9 Å². The minimum atomic E-state index is -4.92. The van der Waals surface area contributed by atoms with Crippen LogP contribution in [0.5, 0.6) is 0 Å². The Labute approximate surface area is 49.1 Å². The van der Waals surface area contributed by atoms with Gasteiger partial charge in [0.15, 0.2) is 0 Å². The van der Waals surface area contributed by atoms with E-state index in [0.29, 0.717) is 0 Å². The molecule has 1 saturated heterocycles. The van der Waals surface area contributed by atoms with Crippen LogP contribution in [0.15, 0.2) is 0 Å². The summed E-state index contributed by atoms with van der Waals surface area (Å²) in [6, 6.07) is 0. The zero-order valence-electron chi connectivity index (χ0n) is 4.05. The molecule has 0 aromatic carbocycles. The summed E-state index contributed by atoms with van der Waals surface area (Å²) in [7, 11) is -4.92. The molecule has 0 aliphatic carbocycles. The first-order valence-electron chi connectivity index (χ1n) is 2.06. The quantitative estimate of drug-likeness (QED) is 0.542. The van der Waals surface area contributed by atoms with E-state index in [1.165, 1.54) is 0 Å². The van der Waals surface area contributed by atoms with Gasteiger partial charge in [-0.25, -0.2) is 0 Å². The summed E-state index contributed by atoms with van der Waals surface area (Å²) < 4.78 is 42.2. The second-order valence-corrected chi connectivity index (χ2v) is 2.92. The minimum absolute atomic E-state index is 2.49. The Morgan fingerprint density at radius 1 is 1.22 bits per heavy atom. The summed E-state index contributed by atoms with van der Waals surface area (Å²) in [6.45, 7) is 0. The number of alkyl halides is 2. The van der Waals surface area contributed by atoms with Crippen LogP contribution in [0.2, 0.25) is 0 Å². The van der Waals surface area contributed by atoms with Crippen LogP contribution in [0, 0.1) is 0 Å². The molecule has 0 amide bonds. The van der Waals surface area contributed by atoms with Crippen molar-refractivity contribution in [2.45, 2.75) is 12.7 Å². The van der Waals surface area contributed by atoms with E-state index < -0.39 is 21.0 Å². The average molecular weight is 164 g/mol. The molecule has 0 spiro atoms. The fourth-order valence-corrected chi connectivity index (χ4v) is 1.24. The van der Waals surface area contributed by atoms with Gasteiger partial charge in [-0.15, -0.1) is 0 Å². The van der Waals surface area contributed by atoms with Crippen molar-refractivity contribution in [1.82, 2.24) is 0 Å². The first-order valence-corrected chi connectivity index (χ1v) is 3.70. The molecule has 0 saturated carbocycles. The molecule has 1 rings (SSSR count). The van der Waals surface area contributed by atoms with E-state index in [2.05, 4.69) is 9.05 Å². The van der Waals surface area contributed by atoms with Gasteiger partial charge in [0, 0.05) is 0 Å². The summed E-state index contributed by atoms with van der Waals surface area (Å²) in [4.78, 5) is 8.08. The number of halogens is 3. The standard InChI is InChI=1S/C2H4F3O3P/c3-1-2(4)8-9(5,6)7-1/h1-2,6,9H. The third-order valence-corrected chi connectivity index (χ3v) is 1.75. The Balaban J connectivity index is 2.54. The van der Waals surface area contributed by atoms with Crippen molar-refractivity contribution in [3.05, 3.63) is 0 Å². The van der Waals surface area contributed by atoms with Gasteiger partial charge < -0.3 is 0 Å². The Bertz CT molecular complexity index is 108. The molecule has 1 aliphatic rings. The molecule has 0 aromatic heterocycles. The van der Waals surface area contributed by atoms with Crippen LogP contribution in [0.25, 0.3) is 0 Å². The first kappa shape index (κ1) is 7.21. The van der Waals surface area contributed by atoms with Gasteiger partial charge in [-0.2, -0.15) is 0 Å². The topological polar surface area (TPSA) is 38.7 Å². The molecule has 1 heterocycles. The summed E-state index contributed by atoms with van der Waals surface area (Å²) >= 11 is 0. The number of hydrogen-bond donors (Lipinski definition) is 1. The Hall–Kier alpha value is 0.100. The number of hydrogen-bond acceptors (Lipinski definition) is 3. The van der Waals surface area contributed by atoms with E-state index in [4.69, 9.17) is 4.89 Å². The fourth-order valence-electron chi connectivity index (χ4n) is 0.412. The molecule has 1 aliphatic heterocycles. The van der Waals surface area contributed by atoms with Crippen molar-refractivity contribution in [2.24, 2.45) is 0 Å². The zero-order valence-corrected chi connectivity index (χ0v) is 5.05. The third-order valence-electron chi connectivity index (χ3n) is 0.722. The van der Waals surface area contributed by atoms with E-state index in [1.54, 1.807) is 0 Å². The SMILES string of the molecule is O[PH]1(F)OC(F)C(F)O1. The average Bonchev–Trinajstić information content (AvgIpc) is 1.79. The Morgan fingerprint density at radius 3 is 1.67 bits per heavy atom. The first-order chi connectivity index (χ1) is 4.01. The second-order valence-electron chi connectivity index (χ2n) is 1.44.